The normalized spacial score (nSPS) is 11.4. The Kier molecular flexibility index (Phi) is 6.47. The lowest BCUT2D eigenvalue weighted by atomic mass is 10.1. The fraction of sp³-hybridized carbons (Fsp3) is 0.222. The first kappa shape index (κ1) is 21.0. The molecule has 28 heavy (non-hydrogen) atoms. The Morgan fingerprint density at radius 3 is 2.54 bits per heavy atom. The Morgan fingerprint density at radius 1 is 1.21 bits per heavy atom. The third-order valence-electron chi connectivity index (χ3n) is 4.06. The molecule has 0 aromatic heterocycles. The number of sulfonamides is 1. The number of carbonyl (C=O) groups excluding carboxylic acids is 1. The lowest BCUT2D eigenvalue weighted by Gasteiger charge is -2.23. The summed E-state index contributed by atoms with van der Waals surface area (Å²) in [4.78, 5) is 22.6. The van der Waals surface area contributed by atoms with Crippen molar-refractivity contribution in [2.24, 2.45) is 5.10 Å². The minimum absolute atomic E-state index is 0.159. The predicted molar refractivity (Wildman–Crippen MR) is 107 cm³/mol. The van der Waals surface area contributed by atoms with Gasteiger partial charge in [-0.05, 0) is 37.1 Å². The SMILES string of the molecule is Cc1cccc(N(CC(=O)N/N=C\c2ccccc2[N+](=O)[O-])S(C)(=O)=O)c1C. The summed E-state index contributed by atoms with van der Waals surface area (Å²) in [6, 6.07) is 11.1. The number of rotatable bonds is 7. The molecule has 0 saturated heterocycles. The van der Waals surface area contributed by atoms with Gasteiger partial charge in [0.2, 0.25) is 10.0 Å². The Morgan fingerprint density at radius 2 is 1.89 bits per heavy atom. The fourth-order valence-corrected chi connectivity index (χ4v) is 3.40. The first-order valence-electron chi connectivity index (χ1n) is 8.20. The molecule has 0 aliphatic heterocycles. The molecular weight excluding hydrogens is 384 g/mol. The topological polar surface area (TPSA) is 122 Å². The second-order valence-corrected chi connectivity index (χ2v) is 8.00. The molecule has 0 aliphatic carbocycles. The van der Waals surface area contributed by atoms with Crippen LogP contribution in [-0.2, 0) is 14.8 Å². The van der Waals surface area contributed by atoms with Crippen molar-refractivity contribution in [3.8, 4) is 0 Å². The number of hydrogen-bond acceptors (Lipinski definition) is 6. The number of benzene rings is 2. The molecule has 1 N–H and O–H groups in total. The molecule has 0 heterocycles. The number of aryl methyl sites for hydroxylation is 1. The number of carbonyl (C=O) groups is 1. The Bertz CT molecular complexity index is 1030. The summed E-state index contributed by atoms with van der Waals surface area (Å²) in [6.07, 6.45) is 2.15. The van der Waals surface area contributed by atoms with Crippen molar-refractivity contribution in [1.82, 2.24) is 5.43 Å². The summed E-state index contributed by atoms with van der Waals surface area (Å²) < 4.78 is 25.3. The number of nitro groups is 1. The van der Waals surface area contributed by atoms with E-state index < -0.39 is 27.4 Å². The molecule has 0 aliphatic rings. The third-order valence-corrected chi connectivity index (χ3v) is 5.19. The van der Waals surface area contributed by atoms with Crippen molar-refractivity contribution >= 4 is 33.5 Å². The van der Waals surface area contributed by atoms with Crippen LogP contribution in [0.1, 0.15) is 16.7 Å². The van der Waals surface area contributed by atoms with Crippen LogP contribution in [0.25, 0.3) is 0 Å². The van der Waals surface area contributed by atoms with E-state index in [2.05, 4.69) is 10.5 Å². The van der Waals surface area contributed by atoms with Gasteiger partial charge in [0.1, 0.15) is 6.54 Å². The van der Waals surface area contributed by atoms with E-state index in [0.29, 0.717) is 5.69 Å². The lowest BCUT2D eigenvalue weighted by Crippen LogP contribution is -2.39. The zero-order valence-corrected chi connectivity index (χ0v) is 16.4. The molecule has 0 fully saturated rings. The molecule has 9 nitrogen and oxygen atoms in total. The van der Waals surface area contributed by atoms with Crippen molar-refractivity contribution in [2.75, 3.05) is 17.1 Å². The van der Waals surface area contributed by atoms with Crippen LogP contribution in [-0.4, -0.2) is 38.3 Å². The number of hydrazone groups is 1. The van der Waals surface area contributed by atoms with Crippen LogP contribution in [0.2, 0.25) is 0 Å². The summed E-state index contributed by atoms with van der Waals surface area (Å²) in [5.74, 6) is -0.679. The van der Waals surface area contributed by atoms with Crippen LogP contribution in [0.5, 0.6) is 0 Å². The van der Waals surface area contributed by atoms with Gasteiger partial charge in [0.25, 0.3) is 11.6 Å². The molecule has 2 rings (SSSR count). The van der Waals surface area contributed by atoms with E-state index in [4.69, 9.17) is 0 Å². The first-order chi connectivity index (χ1) is 13.1. The molecule has 1 amide bonds. The van der Waals surface area contributed by atoms with Gasteiger partial charge < -0.3 is 0 Å². The molecule has 0 unspecified atom stereocenters. The highest BCUT2D eigenvalue weighted by atomic mass is 32.2. The van der Waals surface area contributed by atoms with Crippen molar-refractivity contribution in [3.63, 3.8) is 0 Å². The van der Waals surface area contributed by atoms with Gasteiger partial charge in [0.15, 0.2) is 0 Å². The van der Waals surface area contributed by atoms with E-state index in [1.54, 1.807) is 25.1 Å². The van der Waals surface area contributed by atoms with Crippen LogP contribution in [0.3, 0.4) is 0 Å². The zero-order chi connectivity index (χ0) is 20.9. The van der Waals surface area contributed by atoms with E-state index in [1.165, 1.54) is 18.2 Å². The summed E-state index contributed by atoms with van der Waals surface area (Å²) in [5, 5.41) is 14.7. The maximum atomic E-state index is 12.2. The summed E-state index contributed by atoms with van der Waals surface area (Å²) >= 11 is 0. The highest BCUT2D eigenvalue weighted by Gasteiger charge is 2.22. The summed E-state index contributed by atoms with van der Waals surface area (Å²) in [7, 11) is -3.72. The minimum atomic E-state index is -3.72. The van der Waals surface area contributed by atoms with Gasteiger partial charge >= 0.3 is 0 Å². The van der Waals surface area contributed by atoms with Gasteiger partial charge in [-0.15, -0.1) is 0 Å². The molecule has 2 aromatic carbocycles. The molecular formula is C18H20N4O5S. The van der Waals surface area contributed by atoms with Gasteiger partial charge in [-0.3, -0.25) is 19.2 Å². The molecule has 2 aromatic rings. The zero-order valence-electron chi connectivity index (χ0n) is 15.6. The van der Waals surface area contributed by atoms with Crippen LogP contribution in [0.15, 0.2) is 47.6 Å². The average Bonchev–Trinajstić information content (AvgIpc) is 2.62. The van der Waals surface area contributed by atoms with Crippen molar-refractivity contribution in [3.05, 3.63) is 69.3 Å². The van der Waals surface area contributed by atoms with Gasteiger partial charge in [-0.1, -0.05) is 24.3 Å². The number of anilines is 1. The molecule has 0 atom stereocenters. The predicted octanol–water partition coefficient (Wildman–Crippen LogP) is 2.13. The van der Waals surface area contributed by atoms with Crippen molar-refractivity contribution < 1.29 is 18.1 Å². The van der Waals surface area contributed by atoms with Gasteiger partial charge in [0, 0.05) is 6.07 Å². The molecule has 148 valence electrons. The monoisotopic (exact) mass is 404 g/mol. The number of nitro benzene ring substituents is 1. The minimum Gasteiger partial charge on any atom is -0.271 e. The van der Waals surface area contributed by atoms with Crippen LogP contribution in [0, 0.1) is 24.0 Å². The molecule has 10 heteroatoms. The van der Waals surface area contributed by atoms with E-state index in [9.17, 15) is 23.3 Å². The maximum Gasteiger partial charge on any atom is 0.278 e. The number of nitrogens with one attached hydrogen (secondary N) is 1. The standard InChI is InChI=1S/C18H20N4O5S/c1-13-7-6-10-16(14(13)2)21(28(3,26)27)12-18(23)20-19-11-15-8-4-5-9-17(15)22(24)25/h4-11H,12H2,1-3H3,(H,20,23)/b19-11-. The molecule has 0 spiro atoms. The lowest BCUT2D eigenvalue weighted by molar-refractivity contribution is -0.385. The molecule has 0 bridgehead atoms. The van der Waals surface area contributed by atoms with Crippen molar-refractivity contribution in [2.45, 2.75) is 13.8 Å². The molecule has 0 radical (unpaired) electrons. The third kappa shape index (κ3) is 5.13. The molecule has 0 saturated carbocycles. The number of amides is 1. The maximum absolute atomic E-state index is 12.2. The van der Waals surface area contributed by atoms with Gasteiger partial charge in [-0.25, -0.2) is 13.8 Å². The van der Waals surface area contributed by atoms with Crippen LogP contribution >= 0.6 is 0 Å². The Labute approximate surface area is 162 Å². The van der Waals surface area contributed by atoms with E-state index >= 15 is 0 Å². The van der Waals surface area contributed by atoms with Gasteiger partial charge in [-0.2, -0.15) is 5.10 Å². The largest absolute Gasteiger partial charge is 0.278 e. The highest BCUT2D eigenvalue weighted by Crippen LogP contribution is 2.24. The smallest absolute Gasteiger partial charge is 0.271 e. The Hall–Kier alpha value is -3.27. The Balaban J connectivity index is 2.18. The number of para-hydroxylation sites is 1. The van der Waals surface area contributed by atoms with E-state index in [1.807, 2.05) is 13.0 Å². The second-order valence-electron chi connectivity index (χ2n) is 6.10. The quantitative estimate of drug-likeness (QED) is 0.430. The average molecular weight is 404 g/mol. The first-order valence-corrected chi connectivity index (χ1v) is 10.1. The van der Waals surface area contributed by atoms with E-state index in [-0.39, 0.29) is 11.3 Å². The van der Waals surface area contributed by atoms with E-state index in [0.717, 1.165) is 27.9 Å². The van der Waals surface area contributed by atoms with Crippen molar-refractivity contribution in [1.29, 1.82) is 0 Å². The summed E-state index contributed by atoms with van der Waals surface area (Å²) in [5.41, 5.74) is 4.29. The highest BCUT2D eigenvalue weighted by molar-refractivity contribution is 7.92. The number of nitrogens with zero attached hydrogens (tertiary/aromatic N) is 3. The fourth-order valence-electron chi connectivity index (χ4n) is 2.49. The number of hydrogen-bond donors (Lipinski definition) is 1. The summed E-state index contributed by atoms with van der Waals surface area (Å²) in [6.45, 7) is 3.14. The van der Waals surface area contributed by atoms with Crippen LogP contribution in [0.4, 0.5) is 11.4 Å². The van der Waals surface area contributed by atoms with Gasteiger partial charge in [0.05, 0.1) is 28.6 Å². The van der Waals surface area contributed by atoms with Crippen LogP contribution < -0.4 is 9.73 Å². The second kappa shape index (κ2) is 8.61.